The third-order valence-electron chi connectivity index (χ3n) is 2.99. The van der Waals surface area contributed by atoms with E-state index >= 15 is 0 Å². The number of hydrazine groups is 1. The highest BCUT2D eigenvalue weighted by molar-refractivity contribution is 7.85. The number of rotatable bonds is 5. The molecule has 0 unspecified atom stereocenters. The molecule has 0 saturated heterocycles. The summed E-state index contributed by atoms with van der Waals surface area (Å²) in [5.74, 6) is -0.355. The maximum atomic E-state index is 13.1. The lowest BCUT2D eigenvalue weighted by Gasteiger charge is -2.21. The Bertz CT molecular complexity index is 910. The molecule has 0 amide bonds. The van der Waals surface area contributed by atoms with E-state index in [0.29, 0.717) is 5.69 Å². The van der Waals surface area contributed by atoms with E-state index in [1.807, 2.05) is 0 Å². The van der Waals surface area contributed by atoms with Crippen LogP contribution in [0.15, 0.2) is 35.2 Å². The van der Waals surface area contributed by atoms with Crippen molar-refractivity contribution in [3.63, 3.8) is 0 Å². The Kier molecular flexibility index (Phi) is 5.52. The summed E-state index contributed by atoms with van der Waals surface area (Å²) in [7, 11) is -4.33. The Balaban J connectivity index is 2.23. The van der Waals surface area contributed by atoms with Crippen LogP contribution in [0.1, 0.15) is 26.5 Å². The monoisotopic (exact) mass is 405 g/mol. The Morgan fingerprint density at radius 2 is 1.59 bits per heavy atom. The summed E-state index contributed by atoms with van der Waals surface area (Å²) in [6.07, 6.45) is -4.66. The SMILES string of the molecule is CC(C)(C)Nc1nc(NNc2ccc(S(=O)(=O)O)cc2)cc(C(F)(F)F)n1. The summed E-state index contributed by atoms with van der Waals surface area (Å²) in [5.41, 5.74) is 3.75. The van der Waals surface area contributed by atoms with E-state index in [1.165, 1.54) is 12.1 Å². The molecule has 2 rings (SSSR count). The number of alkyl halides is 3. The number of halogens is 3. The van der Waals surface area contributed by atoms with Crippen molar-refractivity contribution < 1.29 is 26.1 Å². The second kappa shape index (κ2) is 7.19. The maximum Gasteiger partial charge on any atom is 0.433 e. The highest BCUT2D eigenvalue weighted by atomic mass is 32.2. The highest BCUT2D eigenvalue weighted by Gasteiger charge is 2.34. The molecule has 148 valence electrons. The molecule has 0 saturated carbocycles. The van der Waals surface area contributed by atoms with Crippen LogP contribution in [0.4, 0.5) is 30.6 Å². The molecule has 0 aliphatic carbocycles. The van der Waals surface area contributed by atoms with Gasteiger partial charge in [-0.2, -0.15) is 26.6 Å². The van der Waals surface area contributed by atoms with E-state index in [-0.39, 0.29) is 16.7 Å². The molecule has 8 nitrogen and oxygen atoms in total. The predicted molar refractivity (Wildman–Crippen MR) is 93.9 cm³/mol. The summed E-state index contributed by atoms with van der Waals surface area (Å²) >= 11 is 0. The molecule has 12 heteroatoms. The number of nitrogens with one attached hydrogen (secondary N) is 3. The lowest BCUT2D eigenvalue weighted by atomic mass is 10.1. The van der Waals surface area contributed by atoms with Crippen LogP contribution < -0.4 is 16.2 Å². The second-order valence-electron chi connectivity index (χ2n) is 6.58. The van der Waals surface area contributed by atoms with Gasteiger partial charge in [0, 0.05) is 11.6 Å². The first-order valence-electron chi connectivity index (χ1n) is 7.58. The van der Waals surface area contributed by atoms with Crippen molar-refractivity contribution in [1.82, 2.24) is 9.97 Å². The zero-order valence-electron chi connectivity index (χ0n) is 14.6. The highest BCUT2D eigenvalue weighted by Crippen LogP contribution is 2.30. The van der Waals surface area contributed by atoms with E-state index in [1.54, 1.807) is 20.8 Å². The normalized spacial score (nSPS) is 12.6. The van der Waals surface area contributed by atoms with Crippen LogP contribution >= 0.6 is 0 Å². The van der Waals surface area contributed by atoms with Crippen LogP contribution in [0.25, 0.3) is 0 Å². The Morgan fingerprint density at radius 3 is 2.07 bits per heavy atom. The van der Waals surface area contributed by atoms with E-state index in [4.69, 9.17) is 4.55 Å². The van der Waals surface area contributed by atoms with E-state index in [2.05, 4.69) is 26.1 Å². The number of benzene rings is 1. The minimum Gasteiger partial charge on any atom is -0.350 e. The van der Waals surface area contributed by atoms with Crippen molar-refractivity contribution in [2.75, 3.05) is 16.2 Å². The fourth-order valence-electron chi connectivity index (χ4n) is 1.89. The fraction of sp³-hybridized carbons (Fsp3) is 0.333. The van der Waals surface area contributed by atoms with Gasteiger partial charge >= 0.3 is 6.18 Å². The molecule has 1 heterocycles. The average Bonchev–Trinajstić information content (AvgIpc) is 2.50. The van der Waals surface area contributed by atoms with Crippen molar-refractivity contribution in [3.05, 3.63) is 36.0 Å². The predicted octanol–water partition coefficient (Wildman–Crippen LogP) is 3.39. The summed E-state index contributed by atoms with van der Waals surface area (Å²) in [6.45, 7) is 5.25. The Labute approximate surface area is 153 Å². The number of anilines is 3. The minimum atomic E-state index is -4.66. The maximum absolute atomic E-state index is 13.1. The Morgan fingerprint density at radius 1 is 1.00 bits per heavy atom. The van der Waals surface area contributed by atoms with Crippen molar-refractivity contribution >= 4 is 27.6 Å². The quantitative estimate of drug-likeness (QED) is 0.442. The molecule has 1 aromatic heterocycles. The molecule has 0 bridgehead atoms. The molecule has 0 spiro atoms. The number of hydrogen-bond acceptors (Lipinski definition) is 7. The van der Waals surface area contributed by atoms with Gasteiger partial charge in [-0.15, -0.1) is 0 Å². The third kappa shape index (κ3) is 6.25. The van der Waals surface area contributed by atoms with Crippen LogP contribution in [-0.4, -0.2) is 28.5 Å². The molecule has 0 radical (unpaired) electrons. The average molecular weight is 405 g/mol. The molecule has 2 aromatic rings. The molecule has 0 fully saturated rings. The zero-order chi connectivity index (χ0) is 20.5. The topological polar surface area (TPSA) is 116 Å². The standard InChI is InChI=1S/C15H18F3N5O3S/c1-14(2,3)21-13-19-11(15(16,17)18)8-12(20-13)23-22-9-4-6-10(7-5-9)27(24,25)26/h4-8,22H,1-3H3,(H,24,25,26)(H2,19,20,21,23). The summed E-state index contributed by atoms with van der Waals surface area (Å²) < 4.78 is 70.1. The van der Waals surface area contributed by atoms with Crippen LogP contribution in [0.3, 0.4) is 0 Å². The van der Waals surface area contributed by atoms with Gasteiger partial charge in [-0.1, -0.05) is 0 Å². The first kappa shape index (κ1) is 20.7. The van der Waals surface area contributed by atoms with Gasteiger partial charge in [0.15, 0.2) is 11.5 Å². The van der Waals surface area contributed by atoms with Gasteiger partial charge in [0.25, 0.3) is 10.1 Å². The van der Waals surface area contributed by atoms with Crippen LogP contribution in [0.2, 0.25) is 0 Å². The fourth-order valence-corrected chi connectivity index (χ4v) is 2.37. The number of nitrogens with zero attached hydrogens (tertiary/aromatic N) is 2. The van der Waals surface area contributed by atoms with Crippen molar-refractivity contribution in [2.24, 2.45) is 0 Å². The molecule has 0 aliphatic rings. The second-order valence-corrected chi connectivity index (χ2v) is 8.01. The molecule has 1 aromatic carbocycles. The molecule has 0 aliphatic heterocycles. The first-order chi connectivity index (χ1) is 12.2. The molecular weight excluding hydrogens is 387 g/mol. The van der Waals surface area contributed by atoms with Gasteiger partial charge in [-0.05, 0) is 45.0 Å². The van der Waals surface area contributed by atoms with Gasteiger partial charge in [-0.25, -0.2) is 4.98 Å². The van der Waals surface area contributed by atoms with Crippen molar-refractivity contribution in [3.8, 4) is 0 Å². The van der Waals surface area contributed by atoms with Crippen LogP contribution in [-0.2, 0) is 16.3 Å². The summed E-state index contributed by atoms with van der Waals surface area (Å²) in [4.78, 5) is 7.13. The van der Waals surface area contributed by atoms with E-state index < -0.39 is 27.5 Å². The van der Waals surface area contributed by atoms with Crippen LogP contribution in [0.5, 0.6) is 0 Å². The smallest absolute Gasteiger partial charge is 0.350 e. The third-order valence-corrected chi connectivity index (χ3v) is 3.86. The van der Waals surface area contributed by atoms with Gasteiger partial charge in [0.2, 0.25) is 5.95 Å². The van der Waals surface area contributed by atoms with Gasteiger partial charge in [0.1, 0.15) is 0 Å². The van der Waals surface area contributed by atoms with Crippen molar-refractivity contribution in [1.29, 1.82) is 0 Å². The Hall–Kier alpha value is -2.60. The van der Waals surface area contributed by atoms with E-state index in [0.717, 1.165) is 18.2 Å². The van der Waals surface area contributed by atoms with E-state index in [9.17, 15) is 21.6 Å². The summed E-state index contributed by atoms with van der Waals surface area (Å²) in [6, 6.07) is 5.63. The number of hydrogen-bond donors (Lipinski definition) is 4. The first-order valence-corrected chi connectivity index (χ1v) is 9.02. The zero-order valence-corrected chi connectivity index (χ0v) is 15.4. The molecular formula is C15H18F3N5O3S. The minimum absolute atomic E-state index is 0.150. The number of aromatic nitrogens is 2. The van der Waals surface area contributed by atoms with Gasteiger partial charge in [-0.3, -0.25) is 15.4 Å². The lowest BCUT2D eigenvalue weighted by Crippen LogP contribution is -2.28. The van der Waals surface area contributed by atoms with Crippen molar-refractivity contribution in [2.45, 2.75) is 37.4 Å². The van der Waals surface area contributed by atoms with Gasteiger partial charge in [0.05, 0.1) is 10.6 Å². The van der Waals surface area contributed by atoms with Gasteiger partial charge < -0.3 is 5.32 Å². The summed E-state index contributed by atoms with van der Waals surface area (Å²) in [5, 5.41) is 2.77. The molecule has 0 atom stereocenters. The largest absolute Gasteiger partial charge is 0.433 e. The molecule has 4 N–H and O–H groups in total. The van der Waals surface area contributed by atoms with Crippen LogP contribution in [0, 0.1) is 0 Å². The molecule has 27 heavy (non-hydrogen) atoms. The lowest BCUT2D eigenvalue weighted by molar-refractivity contribution is -0.141.